The number of hydrogen-bond donors (Lipinski definition) is 0. The number of hydrogen-bond acceptors (Lipinski definition) is 2. The molecule has 2 unspecified atom stereocenters. The molecule has 0 N–H and O–H groups in total. The summed E-state index contributed by atoms with van der Waals surface area (Å²) in [7, 11) is -2.72. The highest BCUT2D eigenvalue weighted by Crippen LogP contribution is 2.34. The van der Waals surface area contributed by atoms with E-state index in [-0.39, 0.29) is 11.5 Å². The van der Waals surface area contributed by atoms with Gasteiger partial charge in [0.1, 0.15) is 5.92 Å². The minimum Gasteiger partial charge on any atom is -0.314 e. The van der Waals surface area contributed by atoms with Crippen molar-refractivity contribution in [2.75, 3.05) is 0 Å². The summed E-state index contributed by atoms with van der Waals surface area (Å²) in [5.74, 6) is -0.862. The van der Waals surface area contributed by atoms with Crippen LogP contribution in [0.5, 0.6) is 0 Å². The lowest BCUT2D eigenvalue weighted by molar-refractivity contribution is 0.468. The fourth-order valence-corrected chi connectivity index (χ4v) is 2.62. The van der Waals surface area contributed by atoms with E-state index in [0.717, 1.165) is 0 Å². The Bertz CT molecular complexity index is 232. The maximum atomic E-state index is 13.6. The number of nitriles is 2. The molecular weight excluding hydrogens is 183 g/mol. The first-order chi connectivity index (χ1) is 5.84. The first-order valence-corrected chi connectivity index (χ1v) is 7.28. The normalized spacial score (nSPS) is 16.0. The molecule has 0 fully saturated rings. The lowest BCUT2D eigenvalue weighted by atomic mass is 9.94. The molecule has 0 saturated carbocycles. The van der Waals surface area contributed by atoms with Crippen LogP contribution < -0.4 is 0 Å². The maximum absolute atomic E-state index is 13.6. The molecule has 0 aliphatic carbocycles. The molecule has 2 atom stereocenters. The highest BCUT2D eigenvalue weighted by atomic mass is 28.4. The van der Waals surface area contributed by atoms with Crippen LogP contribution >= 0.6 is 0 Å². The second-order valence-electron chi connectivity index (χ2n) is 3.95. The van der Waals surface area contributed by atoms with Crippen molar-refractivity contribution in [2.45, 2.75) is 32.5 Å². The van der Waals surface area contributed by atoms with E-state index in [1.807, 2.05) is 12.1 Å². The van der Waals surface area contributed by atoms with E-state index in [0.29, 0.717) is 0 Å². The van der Waals surface area contributed by atoms with E-state index in [2.05, 4.69) is 0 Å². The van der Waals surface area contributed by atoms with Crippen LogP contribution in [0.3, 0.4) is 0 Å². The molecule has 0 aromatic heterocycles. The van der Waals surface area contributed by atoms with E-state index in [1.54, 1.807) is 26.9 Å². The van der Waals surface area contributed by atoms with Crippen LogP contribution in [0.15, 0.2) is 0 Å². The number of nitrogens with zero attached hydrogens (tertiary/aromatic N) is 2. The average molecular weight is 198 g/mol. The van der Waals surface area contributed by atoms with Crippen LogP contribution in [-0.4, -0.2) is 8.41 Å². The van der Waals surface area contributed by atoms with Gasteiger partial charge in [-0.2, -0.15) is 10.5 Å². The molecule has 0 radical (unpaired) electrons. The Labute approximate surface area is 80.2 Å². The molecule has 0 saturated heterocycles. The minimum atomic E-state index is -2.72. The van der Waals surface area contributed by atoms with Crippen LogP contribution in [0.1, 0.15) is 13.8 Å². The SMILES string of the molecule is CC(C(C#N)C#N)C(C)[Si](C)(C)F. The van der Waals surface area contributed by atoms with Crippen LogP contribution in [0.2, 0.25) is 18.6 Å². The minimum absolute atomic E-state index is 0.156. The van der Waals surface area contributed by atoms with Gasteiger partial charge in [-0.25, -0.2) is 0 Å². The van der Waals surface area contributed by atoms with Crippen LogP contribution in [0.25, 0.3) is 0 Å². The van der Waals surface area contributed by atoms with Gasteiger partial charge in [0, 0.05) is 0 Å². The van der Waals surface area contributed by atoms with Gasteiger partial charge < -0.3 is 4.11 Å². The second kappa shape index (κ2) is 4.39. The van der Waals surface area contributed by atoms with Gasteiger partial charge in [-0.3, -0.25) is 0 Å². The summed E-state index contributed by atoms with van der Waals surface area (Å²) in [4.78, 5) is 0. The summed E-state index contributed by atoms with van der Waals surface area (Å²) >= 11 is 0. The standard InChI is InChI=1S/C9H15FN2Si/c1-7(9(5-11)6-12)8(2)13(3,4)10/h7-9H,1-4H3. The monoisotopic (exact) mass is 198 g/mol. The van der Waals surface area contributed by atoms with Crippen molar-refractivity contribution in [1.29, 1.82) is 10.5 Å². The third-order valence-electron chi connectivity index (χ3n) is 2.68. The molecule has 0 spiro atoms. The Hall–Kier alpha value is -0.873. The van der Waals surface area contributed by atoms with Crippen molar-refractivity contribution in [1.82, 2.24) is 0 Å². The summed E-state index contributed by atoms with van der Waals surface area (Å²) in [6.07, 6.45) is 0. The fourth-order valence-electron chi connectivity index (χ4n) is 1.18. The van der Waals surface area contributed by atoms with Gasteiger partial charge in [0.25, 0.3) is 0 Å². The zero-order chi connectivity index (χ0) is 10.6. The van der Waals surface area contributed by atoms with Crippen molar-refractivity contribution in [3.8, 4) is 12.1 Å². The van der Waals surface area contributed by atoms with Gasteiger partial charge in [-0.15, -0.1) is 0 Å². The molecule has 0 rings (SSSR count). The molecule has 0 aliphatic heterocycles. The van der Waals surface area contributed by atoms with Gasteiger partial charge in [0.2, 0.25) is 8.41 Å². The zero-order valence-electron chi connectivity index (χ0n) is 8.50. The molecule has 0 bridgehead atoms. The average Bonchev–Trinajstić information content (AvgIpc) is 2.03. The van der Waals surface area contributed by atoms with Gasteiger partial charge >= 0.3 is 0 Å². The van der Waals surface area contributed by atoms with Crippen LogP contribution in [0, 0.1) is 34.5 Å². The topological polar surface area (TPSA) is 47.6 Å². The Morgan fingerprint density at radius 3 is 1.77 bits per heavy atom. The zero-order valence-corrected chi connectivity index (χ0v) is 9.50. The Morgan fingerprint density at radius 2 is 1.54 bits per heavy atom. The molecule has 13 heavy (non-hydrogen) atoms. The Kier molecular flexibility index (Phi) is 4.09. The molecule has 0 aromatic rings. The van der Waals surface area contributed by atoms with Crippen molar-refractivity contribution in [2.24, 2.45) is 11.8 Å². The Morgan fingerprint density at radius 1 is 1.15 bits per heavy atom. The predicted octanol–water partition coefficient (Wildman–Crippen LogP) is 2.85. The Balaban J connectivity index is 4.54. The highest BCUT2D eigenvalue weighted by molar-refractivity contribution is 6.72. The van der Waals surface area contributed by atoms with Crippen molar-refractivity contribution in [3.05, 3.63) is 0 Å². The van der Waals surface area contributed by atoms with Crippen LogP contribution in [0.4, 0.5) is 4.11 Å². The maximum Gasteiger partial charge on any atom is 0.244 e. The highest BCUT2D eigenvalue weighted by Gasteiger charge is 2.36. The van der Waals surface area contributed by atoms with Gasteiger partial charge in [0.15, 0.2) is 0 Å². The second-order valence-corrected chi connectivity index (χ2v) is 7.99. The fraction of sp³-hybridized carbons (Fsp3) is 0.778. The van der Waals surface area contributed by atoms with E-state index >= 15 is 0 Å². The van der Waals surface area contributed by atoms with E-state index < -0.39 is 14.3 Å². The molecule has 2 nitrogen and oxygen atoms in total. The van der Waals surface area contributed by atoms with E-state index in [1.165, 1.54) is 0 Å². The molecule has 72 valence electrons. The van der Waals surface area contributed by atoms with Crippen molar-refractivity contribution in [3.63, 3.8) is 0 Å². The summed E-state index contributed by atoms with van der Waals surface area (Å²) in [5, 5.41) is 17.3. The lowest BCUT2D eigenvalue weighted by Crippen LogP contribution is -2.31. The summed E-state index contributed by atoms with van der Waals surface area (Å²) in [5.41, 5.74) is -0.156. The smallest absolute Gasteiger partial charge is 0.244 e. The molecule has 0 heterocycles. The molecule has 0 aliphatic rings. The first kappa shape index (κ1) is 12.1. The molecule has 4 heteroatoms. The first-order valence-electron chi connectivity index (χ1n) is 4.32. The molecule has 0 amide bonds. The van der Waals surface area contributed by atoms with Gasteiger partial charge in [-0.05, 0) is 24.6 Å². The van der Waals surface area contributed by atoms with E-state index in [9.17, 15) is 4.11 Å². The number of rotatable bonds is 3. The van der Waals surface area contributed by atoms with Gasteiger partial charge in [-0.1, -0.05) is 13.8 Å². The predicted molar refractivity (Wildman–Crippen MR) is 51.9 cm³/mol. The lowest BCUT2D eigenvalue weighted by Gasteiger charge is -2.26. The van der Waals surface area contributed by atoms with Crippen molar-refractivity contribution < 1.29 is 4.11 Å². The quantitative estimate of drug-likeness (QED) is 0.517. The molecule has 0 aromatic carbocycles. The summed E-state index contributed by atoms with van der Waals surface area (Å²) in [6.45, 7) is 6.79. The van der Waals surface area contributed by atoms with Crippen LogP contribution in [-0.2, 0) is 0 Å². The summed E-state index contributed by atoms with van der Waals surface area (Å²) < 4.78 is 13.6. The third-order valence-corrected chi connectivity index (χ3v) is 5.37. The number of halogens is 1. The largest absolute Gasteiger partial charge is 0.314 e. The van der Waals surface area contributed by atoms with Crippen molar-refractivity contribution >= 4 is 8.41 Å². The molecular formula is C9H15FN2Si. The van der Waals surface area contributed by atoms with E-state index in [4.69, 9.17) is 10.5 Å². The summed E-state index contributed by atoms with van der Waals surface area (Å²) in [6, 6.07) is 3.80. The third kappa shape index (κ3) is 3.16. The van der Waals surface area contributed by atoms with Gasteiger partial charge in [0.05, 0.1) is 12.1 Å².